The molecule has 0 aliphatic carbocycles. The second-order valence-electron chi connectivity index (χ2n) is 5.74. The van der Waals surface area contributed by atoms with E-state index in [9.17, 15) is 14.9 Å². The molecule has 0 radical (unpaired) electrons. The van der Waals surface area contributed by atoms with Crippen LogP contribution in [-0.2, 0) is 4.79 Å². The molecule has 0 saturated carbocycles. The van der Waals surface area contributed by atoms with Crippen LogP contribution in [0.5, 0.6) is 23.0 Å². The fourth-order valence-corrected chi connectivity index (χ4v) is 2.61. The number of anilines is 1. The average Bonchev–Trinajstić information content (AvgIpc) is 3.33. The smallest absolute Gasteiger partial charge is 0.282 e. The van der Waals surface area contributed by atoms with Gasteiger partial charge in [-0.25, -0.2) is 5.43 Å². The van der Waals surface area contributed by atoms with E-state index < -0.39 is 10.8 Å². The highest BCUT2D eigenvalue weighted by atomic mass is 16.7. The number of benzene rings is 2. The summed E-state index contributed by atoms with van der Waals surface area (Å²) in [6.07, 6.45) is 1.18. The lowest BCUT2D eigenvalue weighted by molar-refractivity contribution is -0.385. The summed E-state index contributed by atoms with van der Waals surface area (Å²) in [6.45, 7) is 0.107. The lowest BCUT2D eigenvalue weighted by Gasteiger charge is -2.06. The van der Waals surface area contributed by atoms with Crippen molar-refractivity contribution >= 4 is 23.5 Å². The molecule has 2 aliphatic rings. The quantitative estimate of drug-likeness (QED) is 0.435. The van der Waals surface area contributed by atoms with E-state index in [1.807, 2.05) is 0 Å². The van der Waals surface area contributed by atoms with Crippen molar-refractivity contribution < 1.29 is 28.7 Å². The number of nitrogens with one attached hydrogen (secondary N) is 2. The van der Waals surface area contributed by atoms with E-state index in [0.29, 0.717) is 28.7 Å². The Morgan fingerprint density at radius 2 is 1.75 bits per heavy atom. The number of fused-ring (bicyclic) bond motifs is 2. The molecule has 0 aromatic heterocycles. The standard InChI is InChI=1S/C17H14N4O7/c22-17(7-18-11-1-2-13-15(4-11)27-8-25-13)20-19-6-10-3-14-16(28-9-26-14)5-12(10)21(23)24/h1-6,18H,7-9H2,(H,20,22)/b19-6-. The first-order valence-electron chi connectivity index (χ1n) is 8.13. The summed E-state index contributed by atoms with van der Waals surface area (Å²) < 4.78 is 20.8. The molecular weight excluding hydrogens is 372 g/mol. The number of nitrogens with zero attached hydrogens (tertiary/aromatic N) is 2. The van der Waals surface area contributed by atoms with Crippen LogP contribution in [0.25, 0.3) is 0 Å². The maximum atomic E-state index is 11.9. The summed E-state index contributed by atoms with van der Waals surface area (Å²) in [6, 6.07) is 7.89. The van der Waals surface area contributed by atoms with Gasteiger partial charge in [-0.15, -0.1) is 0 Å². The Kier molecular flexibility index (Phi) is 4.54. The van der Waals surface area contributed by atoms with Gasteiger partial charge in [-0.1, -0.05) is 0 Å². The van der Waals surface area contributed by atoms with Crippen LogP contribution < -0.4 is 29.7 Å². The van der Waals surface area contributed by atoms with Crippen LogP contribution >= 0.6 is 0 Å². The van der Waals surface area contributed by atoms with Crippen LogP contribution in [0.15, 0.2) is 35.4 Å². The zero-order valence-corrected chi connectivity index (χ0v) is 14.3. The minimum Gasteiger partial charge on any atom is -0.454 e. The van der Waals surface area contributed by atoms with E-state index in [-0.39, 0.29) is 31.4 Å². The Labute approximate surface area is 158 Å². The van der Waals surface area contributed by atoms with Crippen molar-refractivity contribution in [1.82, 2.24) is 5.43 Å². The predicted molar refractivity (Wildman–Crippen MR) is 96.0 cm³/mol. The molecule has 2 aromatic rings. The molecule has 2 N–H and O–H groups in total. The minimum absolute atomic E-state index is 0.00462. The highest BCUT2D eigenvalue weighted by molar-refractivity contribution is 5.88. The van der Waals surface area contributed by atoms with Crippen molar-refractivity contribution in [1.29, 1.82) is 0 Å². The fourth-order valence-electron chi connectivity index (χ4n) is 2.61. The highest BCUT2D eigenvalue weighted by Gasteiger charge is 2.22. The first kappa shape index (κ1) is 17.4. The third-order valence-electron chi connectivity index (χ3n) is 3.94. The lowest BCUT2D eigenvalue weighted by atomic mass is 10.1. The number of hydrogen-bond donors (Lipinski definition) is 2. The molecule has 0 fully saturated rings. The molecular formula is C17H14N4O7. The van der Waals surface area contributed by atoms with Crippen molar-refractivity contribution in [2.45, 2.75) is 0 Å². The maximum absolute atomic E-state index is 11.9. The molecule has 0 bridgehead atoms. The van der Waals surface area contributed by atoms with Gasteiger partial charge in [0, 0.05) is 11.8 Å². The van der Waals surface area contributed by atoms with Crippen LogP contribution in [0.1, 0.15) is 5.56 Å². The number of amides is 1. The Bertz CT molecular complexity index is 976. The van der Waals surface area contributed by atoms with Crippen LogP contribution in [0.4, 0.5) is 11.4 Å². The van der Waals surface area contributed by atoms with Gasteiger partial charge in [0.1, 0.15) is 0 Å². The Hall–Kier alpha value is -4.02. The third kappa shape index (κ3) is 3.58. The number of carbonyl (C=O) groups is 1. The van der Waals surface area contributed by atoms with Crippen LogP contribution in [0.2, 0.25) is 0 Å². The normalized spacial score (nSPS) is 13.6. The fraction of sp³-hybridized carbons (Fsp3) is 0.176. The van der Waals surface area contributed by atoms with E-state index in [1.165, 1.54) is 18.3 Å². The van der Waals surface area contributed by atoms with Crippen molar-refractivity contribution in [3.8, 4) is 23.0 Å². The molecule has 11 heteroatoms. The Morgan fingerprint density at radius 1 is 1.07 bits per heavy atom. The monoisotopic (exact) mass is 386 g/mol. The zero-order chi connectivity index (χ0) is 19.5. The molecule has 0 saturated heterocycles. The number of ether oxygens (including phenoxy) is 4. The lowest BCUT2D eigenvalue weighted by Crippen LogP contribution is -2.25. The van der Waals surface area contributed by atoms with Gasteiger partial charge in [0.05, 0.1) is 29.3 Å². The molecule has 0 atom stereocenters. The Morgan fingerprint density at radius 3 is 2.50 bits per heavy atom. The van der Waals surface area contributed by atoms with Crippen molar-refractivity contribution in [3.63, 3.8) is 0 Å². The predicted octanol–water partition coefficient (Wildman–Crippen LogP) is 1.61. The number of hydrogen-bond acceptors (Lipinski definition) is 9. The summed E-state index contributed by atoms with van der Waals surface area (Å²) in [5.74, 6) is 1.48. The second kappa shape index (κ2) is 7.31. The van der Waals surface area contributed by atoms with E-state index in [2.05, 4.69) is 15.8 Å². The van der Waals surface area contributed by atoms with Gasteiger partial charge in [0.25, 0.3) is 11.6 Å². The topological polar surface area (TPSA) is 134 Å². The number of hydrazone groups is 1. The number of rotatable bonds is 6. The third-order valence-corrected chi connectivity index (χ3v) is 3.94. The number of carbonyl (C=O) groups excluding carboxylic acids is 1. The SMILES string of the molecule is O=C(CNc1ccc2c(c1)OCO2)N/N=C\c1cc2c(cc1[N+](=O)[O-])OCO2. The van der Waals surface area contributed by atoms with Crippen LogP contribution in [-0.4, -0.2) is 37.2 Å². The largest absolute Gasteiger partial charge is 0.454 e. The molecule has 28 heavy (non-hydrogen) atoms. The van der Waals surface area contributed by atoms with Gasteiger partial charge in [0.2, 0.25) is 13.6 Å². The summed E-state index contributed by atoms with van der Waals surface area (Å²) in [5, 5.41) is 17.9. The molecule has 0 unspecified atom stereocenters. The van der Waals surface area contributed by atoms with Crippen molar-refractivity contribution in [2.24, 2.45) is 5.10 Å². The van der Waals surface area contributed by atoms with E-state index in [4.69, 9.17) is 18.9 Å². The zero-order valence-electron chi connectivity index (χ0n) is 14.3. The second-order valence-corrected chi connectivity index (χ2v) is 5.74. The van der Waals surface area contributed by atoms with E-state index in [0.717, 1.165) is 0 Å². The molecule has 11 nitrogen and oxygen atoms in total. The highest BCUT2D eigenvalue weighted by Crippen LogP contribution is 2.37. The van der Waals surface area contributed by atoms with Crippen molar-refractivity contribution in [3.05, 3.63) is 46.0 Å². The summed E-state index contributed by atoms with van der Waals surface area (Å²) >= 11 is 0. The molecule has 4 rings (SSSR count). The molecule has 2 aliphatic heterocycles. The first-order valence-corrected chi connectivity index (χ1v) is 8.13. The molecule has 0 spiro atoms. The molecule has 2 aromatic carbocycles. The van der Waals surface area contributed by atoms with Gasteiger partial charge in [-0.05, 0) is 18.2 Å². The summed E-state index contributed by atoms with van der Waals surface area (Å²) in [5.41, 5.74) is 2.95. The van der Waals surface area contributed by atoms with Gasteiger partial charge >= 0.3 is 0 Å². The van der Waals surface area contributed by atoms with Gasteiger partial charge in [-0.3, -0.25) is 14.9 Å². The van der Waals surface area contributed by atoms with E-state index >= 15 is 0 Å². The summed E-state index contributed by atoms with van der Waals surface area (Å²) in [4.78, 5) is 22.6. The van der Waals surface area contributed by atoms with Gasteiger partial charge < -0.3 is 24.3 Å². The minimum atomic E-state index is -0.563. The molecule has 144 valence electrons. The molecule has 2 heterocycles. The molecule has 1 amide bonds. The summed E-state index contributed by atoms with van der Waals surface area (Å²) in [7, 11) is 0. The number of nitro benzene ring substituents is 1. The van der Waals surface area contributed by atoms with Crippen LogP contribution in [0, 0.1) is 10.1 Å². The van der Waals surface area contributed by atoms with Gasteiger partial charge in [-0.2, -0.15) is 5.10 Å². The Balaban J connectivity index is 1.36. The van der Waals surface area contributed by atoms with Gasteiger partial charge in [0.15, 0.2) is 23.0 Å². The van der Waals surface area contributed by atoms with Crippen LogP contribution in [0.3, 0.4) is 0 Å². The number of nitro groups is 1. The average molecular weight is 386 g/mol. The first-order chi connectivity index (χ1) is 13.6. The maximum Gasteiger partial charge on any atom is 0.282 e. The van der Waals surface area contributed by atoms with Crippen molar-refractivity contribution in [2.75, 3.05) is 25.4 Å². The van der Waals surface area contributed by atoms with E-state index in [1.54, 1.807) is 18.2 Å².